The molecule has 1 aromatic carbocycles. The summed E-state index contributed by atoms with van der Waals surface area (Å²) in [7, 11) is 0. The van der Waals surface area contributed by atoms with E-state index in [1.165, 1.54) is 12.0 Å². The van der Waals surface area contributed by atoms with Gasteiger partial charge in [-0.2, -0.15) is 0 Å². The Hall–Kier alpha value is -0.820. The molecule has 1 atom stereocenters. The van der Waals surface area contributed by atoms with Crippen LogP contribution in [0.5, 0.6) is 0 Å². The van der Waals surface area contributed by atoms with Crippen LogP contribution in [0, 0.1) is 10.8 Å². The quantitative estimate of drug-likeness (QED) is 0.775. The standard InChI is InChI=1S/C19H32O/c1-17(2,3)13-16(18(4,5)6)14-9-11-15(12-10-14)19(7,8)20/h9-12,16,20H,13H2,1-8H3. The van der Waals surface area contributed by atoms with Gasteiger partial charge in [0.15, 0.2) is 0 Å². The van der Waals surface area contributed by atoms with Crippen LogP contribution in [-0.2, 0) is 5.60 Å². The van der Waals surface area contributed by atoms with Crippen molar-refractivity contribution in [2.45, 2.75) is 73.3 Å². The van der Waals surface area contributed by atoms with Crippen LogP contribution < -0.4 is 0 Å². The van der Waals surface area contributed by atoms with Gasteiger partial charge < -0.3 is 5.11 Å². The van der Waals surface area contributed by atoms with Crippen molar-refractivity contribution in [2.75, 3.05) is 0 Å². The molecular formula is C19H32O. The van der Waals surface area contributed by atoms with Gasteiger partial charge in [-0.15, -0.1) is 0 Å². The zero-order chi connectivity index (χ0) is 15.8. The topological polar surface area (TPSA) is 20.2 Å². The maximum absolute atomic E-state index is 10.1. The van der Waals surface area contributed by atoms with E-state index in [9.17, 15) is 5.11 Å². The highest BCUT2D eigenvalue weighted by Crippen LogP contribution is 2.43. The van der Waals surface area contributed by atoms with Crippen molar-refractivity contribution in [1.29, 1.82) is 0 Å². The van der Waals surface area contributed by atoms with Gasteiger partial charge in [-0.25, -0.2) is 0 Å². The molecule has 0 saturated carbocycles. The predicted octanol–water partition coefficient (Wildman–Crippen LogP) is 5.48. The van der Waals surface area contributed by atoms with Crippen LogP contribution >= 0.6 is 0 Å². The molecule has 20 heavy (non-hydrogen) atoms. The van der Waals surface area contributed by atoms with E-state index < -0.39 is 5.60 Å². The van der Waals surface area contributed by atoms with Crippen LogP contribution in [0.4, 0.5) is 0 Å². The number of hydrogen-bond acceptors (Lipinski definition) is 1. The summed E-state index contributed by atoms with van der Waals surface area (Å²) < 4.78 is 0. The van der Waals surface area contributed by atoms with Crippen LogP contribution in [0.15, 0.2) is 24.3 Å². The molecule has 0 aliphatic rings. The summed E-state index contributed by atoms with van der Waals surface area (Å²) in [4.78, 5) is 0. The first-order valence-electron chi connectivity index (χ1n) is 7.63. The lowest BCUT2D eigenvalue weighted by Crippen LogP contribution is -2.24. The van der Waals surface area contributed by atoms with Gasteiger partial charge in [0.1, 0.15) is 0 Å². The van der Waals surface area contributed by atoms with Crippen molar-refractivity contribution in [3.8, 4) is 0 Å². The van der Waals surface area contributed by atoms with Gasteiger partial charge in [-0.1, -0.05) is 65.8 Å². The third-order valence-corrected chi connectivity index (χ3v) is 3.88. The molecule has 0 aromatic heterocycles. The van der Waals surface area contributed by atoms with E-state index >= 15 is 0 Å². The fourth-order valence-corrected chi connectivity index (χ4v) is 2.66. The van der Waals surface area contributed by atoms with Gasteiger partial charge in [-0.3, -0.25) is 0 Å². The molecule has 0 spiro atoms. The molecule has 1 nitrogen and oxygen atoms in total. The molecule has 0 saturated heterocycles. The van der Waals surface area contributed by atoms with Gasteiger partial charge in [0.05, 0.1) is 5.60 Å². The Morgan fingerprint density at radius 1 is 0.850 bits per heavy atom. The van der Waals surface area contributed by atoms with E-state index in [0.717, 1.165) is 5.56 Å². The highest BCUT2D eigenvalue weighted by atomic mass is 16.3. The zero-order valence-electron chi connectivity index (χ0n) is 14.5. The number of benzene rings is 1. The number of rotatable bonds is 3. The summed E-state index contributed by atoms with van der Waals surface area (Å²) in [6, 6.07) is 8.51. The fourth-order valence-electron chi connectivity index (χ4n) is 2.66. The van der Waals surface area contributed by atoms with Crippen LogP contribution in [0.25, 0.3) is 0 Å². The molecule has 0 aliphatic heterocycles. The maximum Gasteiger partial charge on any atom is 0.0840 e. The van der Waals surface area contributed by atoms with Crippen LogP contribution in [-0.4, -0.2) is 5.11 Å². The summed E-state index contributed by atoms with van der Waals surface area (Å²) in [5, 5.41) is 10.1. The summed E-state index contributed by atoms with van der Waals surface area (Å²) in [6.07, 6.45) is 1.17. The Bertz CT molecular complexity index is 421. The van der Waals surface area contributed by atoms with Crippen molar-refractivity contribution in [3.63, 3.8) is 0 Å². The van der Waals surface area contributed by atoms with Gasteiger partial charge in [-0.05, 0) is 48.1 Å². The Kier molecular flexibility index (Phi) is 4.76. The third kappa shape index (κ3) is 4.94. The second-order valence-corrected chi connectivity index (χ2v) is 8.86. The molecule has 0 heterocycles. The molecule has 1 aromatic rings. The molecule has 0 bridgehead atoms. The largest absolute Gasteiger partial charge is 0.386 e. The van der Waals surface area contributed by atoms with E-state index in [4.69, 9.17) is 0 Å². The Morgan fingerprint density at radius 2 is 1.30 bits per heavy atom. The lowest BCUT2D eigenvalue weighted by atomic mass is 9.69. The second kappa shape index (κ2) is 5.52. The summed E-state index contributed by atoms with van der Waals surface area (Å²) in [6.45, 7) is 17.5. The molecule has 0 amide bonds. The molecule has 0 aliphatic carbocycles. The Morgan fingerprint density at radius 3 is 1.60 bits per heavy atom. The SMILES string of the molecule is CC(C)(C)CC(c1ccc(C(C)(C)O)cc1)C(C)(C)C. The minimum Gasteiger partial charge on any atom is -0.386 e. The van der Waals surface area contributed by atoms with Gasteiger partial charge in [0.25, 0.3) is 0 Å². The monoisotopic (exact) mass is 276 g/mol. The highest BCUT2D eigenvalue weighted by molar-refractivity contribution is 5.29. The van der Waals surface area contributed by atoms with E-state index in [-0.39, 0.29) is 5.41 Å². The summed E-state index contributed by atoms with van der Waals surface area (Å²) in [5.41, 5.74) is 2.14. The van der Waals surface area contributed by atoms with Crippen molar-refractivity contribution >= 4 is 0 Å². The first-order valence-corrected chi connectivity index (χ1v) is 7.63. The normalized spacial score (nSPS) is 15.2. The molecular weight excluding hydrogens is 244 g/mol. The third-order valence-electron chi connectivity index (χ3n) is 3.88. The van der Waals surface area contributed by atoms with E-state index in [2.05, 4.69) is 65.8 Å². The highest BCUT2D eigenvalue weighted by Gasteiger charge is 2.30. The molecule has 0 fully saturated rings. The van der Waals surface area contributed by atoms with E-state index in [1.807, 2.05) is 13.8 Å². The lowest BCUT2D eigenvalue weighted by Gasteiger charge is -2.36. The summed E-state index contributed by atoms with van der Waals surface area (Å²) >= 11 is 0. The Labute approximate surface area is 125 Å². The van der Waals surface area contributed by atoms with Gasteiger partial charge >= 0.3 is 0 Å². The van der Waals surface area contributed by atoms with Crippen LogP contribution in [0.1, 0.15) is 78.9 Å². The Balaban J connectivity index is 3.10. The van der Waals surface area contributed by atoms with Crippen molar-refractivity contribution in [1.82, 2.24) is 0 Å². The van der Waals surface area contributed by atoms with E-state index in [1.54, 1.807) is 0 Å². The molecule has 1 N–H and O–H groups in total. The smallest absolute Gasteiger partial charge is 0.0840 e. The lowest BCUT2D eigenvalue weighted by molar-refractivity contribution is 0.0785. The van der Waals surface area contributed by atoms with Crippen molar-refractivity contribution in [3.05, 3.63) is 35.4 Å². The molecule has 0 radical (unpaired) electrons. The second-order valence-electron chi connectivity index (χ2n) is 8.86. The predicted molar refractivity (Wildman–Crippen MR) is 88.0 cm³/mol. The molecule has 114 valence electrons. The first-order chi connectivity index (χ1) is 8.81. The van der Waals surface area contributed by atoms with Crippen molar-refractivity contribution < 1.29 is 5.11 Å². The van der Waals surface area contributed by atoms with Crippen LogP contribution in [0.3, 0.4) is 0 Å². The zero-order valence-corrected chi connectivity index (χ0v) is 14.5. The average molecular weight is 276 g/mol. The average Bonchev–Trinajstić information content (AvgIpc) is 2.22. The minimum atomic E-state index is -0.764. The van der Waals surface area contributed by atoms with Gasteiger partial charge in [0.2, 0.25) is 0 Å². The first kappa shape index (κ1) is 17.2. The van der Waals surface area contributed by atoms with Crippen LogP contribution in [0.2, 0.25) is 0 Å². The molecule has 1 rings (SSSR count). The van der Waals surface area contributed by atoms with Crippen molar-refractivity contribution in [2.24, 2.45) is 10.8 Å². The number of hydrogen-bond donors (Lipinski definition) is 1. The fraction of sp³-hybridized carbons (Fsp3) is 0.684. The summed E-state index contributed by atoms with van der Waals surface area (Å²) in [5.74, 6) is 0.526. The van der Waals surface area contributed by atoms with E-state index in [0.29, 0.717) is 11.3 Å². The van der Waals surface area contributed by atoms with Gasteiger partial charge in [0, 0.05) is 0 Å². The number of aliphatic hydroxyl groups is 1. The molecule has 1 heteroatoms. The molecule has 1 unspecified atom stereocenters. The minimum absolute atomic E-state index is 0.240. The maximum atomic E-state index is 10.1.